The van der Waals surface area contributed by atoms with Crippen LogP contribution < -0.4 is 5.73 Å². The van der Waals surface area contributed by atoms with Crippen LogP contribution in [0, 0.1) is 0 Å². The molecule has 2 amide bonds. The number of aliphatic imine (C=N–C) groups is 3. The zero-order chi connectivity index (χ0) is 11.8. The summed E-state index contributed by atoms with van der Waals surface area (Å²) in [6, 6.07) is -0.571. The topological polar surface area (TPSA) is 89.4 Å². The molecule has 3 rings (SSSR count). The van der Waals surface area contributed by atoms with E-state index >= 15 is 0 Å². The van der Waals surface area contributed by atoms with Crippen LogP contribution in [0.4, 0.5) is 4.79 Å². The number of amides is 2. The number of nitrogens with zero attached hydrogens (tertiary/aromatic N) is 3. The Labute approximate surface area is 98.0 Å². The van der Waals surface area contributed by atoms with Crippen LogP contribution in [0.2, 0.25) is 0 Å². The smallest absolute Gasteiger partial charge is 0.369 e. The first-order valence-electron chi connectivity index (χ1n) is 5.63. The molecule has 0 spiro atoms. The Bertz CT molecular complexity index is 496. The maximum Gasteiger partial charge on any atom is 0.369 e. The highest BCUT2D eigenvalue weighted by Gasteiger charge is 2.29. The highest BCUT2D eigenvalue weighted by Crippen LogP contribution is 2.24. The number of carbonyl (C=O) groups is 1. The highest BCUT2D eigenvalue weighted by atomic mass is 16.5. The summed E-state index contributed by atoms with van der Waals surface area (Å²) >= 11 is 0. The van der Waals surface area contributed by atoms with Gasteiger partial charge in [0.05, 0.1) is 11.8 Å². The number of rotatable bonds is 1. The molecule has 88 valence electrons. The van der Waals surface area contributed by atoms with Gasteiger partial charge in [0.25, 0.3) is 0 Å². The number of urea groups is 1. The van der Waals surface area contributed by atoms with Gasteiger partial charge in [0, 0.05) is 6.61 Å². The van der Waals surface area contributed by atoms with E-state index in [2.05, 4.69) is 15.0 Å². The van der Waals surface area contributed by atoms with Crippen LogP contribution in [0.25, 0.3) is 0 Å². The van der Waals surface area contributed by atoms with E-state index in [0.29, 0.717) is 11.4 Å². The summed E-state index contributed by atoms with van der Waals surface area (Å²) in [6.07, 6.45) is 4.92. The minimum absolute atomic E-state index is 0.00699. The van der Waals surface area contributed by atoms with Gasteiger partial charge in [0.15, 0.2) is 5.84 Å². The lowest BCUT2D eigenvalue weighted by atomic mass is 10.1. The van der Waals surface area contributed by atoms with Gasteiger partial charge in [0.2, 0.25) is 0 Å². The predicted molar refractivity (Wildman–Crippen MR) is 63.6 cm³/mol. The standard InChI is InChI=1S/C11H12N4O2/c12-10-9-7(14-11(16)15-10)5-6(13-9)8-3-1-2-4-17-8/h5,8H,1-4H2,(H2,12,15,16). The Kier molecular flexibility index (Phi) is 2.36. The van der Waals surface area contributed by atoms with Gasteiger partial charge in [-0.1, -0.05) is 0 Å². The fourth-order valence-electron chi connectivity index (χ4n) is 2.12. The SMILES string of the molecule is NC1=NC(=O)N=C2C=C(C3CCCCO3)N=C12. The van der Waals surface area contributed by atoms with Crippen LogP contribution in [0.15, 0.2) is 26.8 Å². The third kappa shape index (κ3) is 1.80. The van der Waals surface area contributed by atoms with Crippen LogP contribution >= 0.6 is 0 Å². The third-order valence-corrected chi connectivity index (χ3v) is 2.95. The number of hydrogen-bond donors (Lipinski definition) is 1. The lowest BCUT2D eigenvalue weighted by molar-refractivity contribution is 0.0389. The molecule has 1 saturated heterocycles. The molecular weight excluding hydrogens is 220 g/mol. The molecule has 1 atom stereocenters. The molecule has 3 heterocycles. The molecule has 6 nitrogen and oxygen atoms in total. The monoisotopic (exact) mass is 232 g/mol. The van der Waals surface area contributed by atoms with Gasteiger partial charge in [0.1, 0.15) is 11.4 Å². The number of carbonyl (C=O) groups excluding carboxylic acids is 1. The van der Waals surface area contributed by atoms with E-state index in [-0.39, 0.29) is 11.9 Å². The van der Waals surface area contributed by atoms with Crippen LogP contribution in [-0.2, 0) is 4.74 Å². The Hall–Kier alpha value is -1.82. The van der Waals surface area contributed by atoms with E-state index in [0.717, 1.165) is 31.6 Å². The summed E-state index contributed by atoms with van der Waals surface area (Å²) in [7, 11) is 0. The van der Waals surface area contributed by atoms with Gasteiger partial charge in [-0.25, -0.2) is 9.79 Å². The highest BCUT2D eigenvalue weighted by molar-refractivity contribution is 6.73. The zero-order valence-electron chi connectivity index (χ0n) is 9.22. The Balaban J connectivity index is 1.90. The summed E-state index contributed by atoms with van der Waals surface area (Å²) in [6.45, 7) is 0.752. The van der Waals surface area contributed by atoms with Crippen molar-refractivity contribution in [3.63, 3.8) is 0 Å². The van der Waals surface area contributed by atoms with Crippen LogP contribution in [0.1, 0.15) is 19.3 Å². The number of hydrogen-bond acceptors (Lipinski definition) is 4. The molecule has 2 N–H and O–H groups in total. The molecule has 0 aliphatic carbocycles. The van der Waals surface area contributed by atoms with Crippen molar-refractivity contribution < 1.29 is 9.53 Å². The molecule has 1 fully saturated rings. The van der Waals surface area contributed by atoms with Crippen LogP contribution in [0.5, 0.6) is 0 Å². The van der Waals surface area contributed by atoms with E-state index in [1.165, 1.54) is 0 Å². The second-order valence-electron chi connectivity index (χ2n) is 4.16. The van der Waals surface area contributed by atoms with Gasteiger partial charge < -0.3 is 10.5 Å². The van der Waals surface area contributed by atoms with E-state index < -0.39 is 6.03 Å². The van der Waals surface area contributed by atoms with Crippen molar-refractivity contribution in [2.45, 2.75) is 25.4 Å². The summed E-state index contributed by atoms with van der Waals surface area (Å²) in [5, 5.41) is 0. The van der Waals surface area contributed by atoms with Crippen molar-refractivity contribution in [2.24, 2.45) is 20.7 Å². The summed E-state index contributed by atoms with van der Waals surface area (Å²) in [5.74, 6) is 0.141. The number of fused-ring (bicyclic) bond motifs is 1. The first-order chi connectivity index (χ1) is 8.24. The number of allylic oxidation sites excluding steroid dienone is 1. The van der Waals surface area contributed by atoms with E-state index in [1.54, 1.807) is 6.08 Å². The van der Waals surface area contributed by atoms with Gasteiger partial charge in [-0.2, -0.15) is 9.98 Å². The number of ether oxygens (including phenoxy) is 1. The quantitative estimate of drug-likeness (QED) is 0.725. The van der Waals surface area contributed by atoms with Crippen molar-refractivity contribution >= 4 is 23.3 Å². The summed E-state index contributed by atoms with van der Waals surface area (Å²) in [5.41, 5.74) is 7.44. The van der Waals surface area contributed by atoms with E-state index in [9.17, 15) is 4.79 Å². The van der Waals surface area contributed by atoms with Crippen LogP contribution in [-0.4, -0.2) is 36.0 Å². The van der Waals surface area contributed by atoms with Crippen molar-refractivity contribution in [2.75, 3.05) is 6.61 Å². The number of nitrogens with two attached hydrogens (primary N) is 1. The van der Waals surface area contributed by atoms with Crippen molar-refractivity contribution in [1.29, 1.82) is 0 Å². The molecule has 3 aliphatic rings. The minimum Gasteiger partial charge on any atom is -0.382 e. The third-order valence-electron chi connectivity index (χ3n) is 2.95. The van der Waals surface area contributed by atoms with E-state index in [4.69, 9.17) is 10.5 Å². The molecule has 0 saturated carbocycles. The molecule has 0 radical (unpaired) electrons. The first-order valence-corrected chi connectivity index (χ1v) is 5.63. The lowest BCUT2D eigenvalue weighted by Gasteiger charge is -2.21. The molecule has 6 heteroatoms. The van der Waals surface area contributed by atoms with Gasteiger partial charge in [-0.3, -0.25) is 0 Å². The fourth-order valence-corrected chi connectivity index (χ4v) is 2.12. The van der Waals surface area contributed by atoms with Crippen molar-refractivity contribution in [1.82, 2.24) is 0 Å². The van der Waals surface area contributed by atoms with Crippen molar-refractivity contribution in [3.8, 4) is 0 Å². The van der Waals surface area contributed by atoms with Gasteiger partial charge in [-0.15, -0.1) is 0 Å². The molecule has 0 aromatic rings. The Morgan fingerprint density at radius 1 is 1.29 bits per heavy atom. The number of amidine groups is 1. The van der Waals surface area contributed by atoms with Crippen LogP contribution in [0.3, 0.4) is 0 Å². The van der Waals surface area contributed by atoms with Gasteiger partial charge >= 0.3 is 6.03 Å². The molecular formula is C11H12N4O2. The molecule has 17 heavy (non-hydrogen) atoms. The summed E-state index contributed by atoms with van der Waals surface area (Å²) < 4.78 is 5.63. The maximum absolute atomic E-state index is 11.1. The Morgan fingerprint density at radius 2 is 2.18 bits per heavy atom. The average Bonchev–Trinajstić information content (AvgIpc) is 2.74. The zero-order valence-corrected chi connectivity index (χ0v) is 9.22. The molecule has 0 aromatic carbocycles. The normalized spacial score (nSPS) is 28.0. The first kappa shape index (κ1) is 10.3. The molecule has 0 aromatic heterocycles. The fraction of sp³-hybridized carbons (Fsp3) is 0.455. The summed E-state index contributed by atoms with van der Waals surface area (Å²) in [4.78, 5) is 22.8. The second kappa shape index (κ2) is 3.89. The predicted octanol–water partition coefficient (Wildman–Crippen LogP) is 0.826. The van der Waals surface area contributed by atoms with Crippen molar-refractivity contribution in [3.05, 3.63) is 11.8 Å². The lowest BCUT2D eigenvalue weighted by Crippen LogP contribution is -2.32. The minimum atomic E-state index is -0.571. The molecule has 0 bridgehead atoms. The molecule has 3 aliphatic heterocycles. The van der Waals surface area contributed by atoms with Gasteiger partial charge in [-0.05, 0) is 25.3 Å². The van der Waals surface area contributed by atoms with E-state index in [1.807, 2.05) is 0 Å². The Morgan fingerprint density at radius 3 is 2.94 bits per heavy atom. The average molecular weight is 232 g/mol. The largest absolute Gasteiger partial charge is 0.382 e. The molecule has 1 unspecified atom stereocenters. The second-order valence-corrected chi connectivity index (χ2v) is 4.16. The maximum atomic E-state index is 11.1.